The Morgan fingerprint density at radius 1 is 1.08 bits per heavy atom. The molecule has 1 heterocycles. The van der Waals surface area contributed by atoms with Gasteiger partial charge in [-0.1, -0.05) is 0 Å². The van der Waals surface area contributed by atoms with Gasteiger partial charge in [0.2, 0.25) is 0 Å². The van der Waals surface area contributed by atoms with Crippen LogP contribution in [0.3, 0.4) is 0 Å². The number of hydrogen-bond acceptors (Lipinski definition) is 5. The third-order valence-electron chi connectivity index (χ3n) is 4.02. The Hall–Kier alpha value is -3.61. The molecule has 0 bridgehead atoms. The Labute approximate surface area is 149 Å². The lowest BCUT2D eigenvalue weighted by Gasteiger charge is -2.09. The molecule has 0 fully saturated rings. The molecule has 0 aliphatic carbocycles. The lowest BCUT2D eigenvalue weighted by Crippen LogP contribution is -2.12. The van der Waals surface area contributed by atoms with Gasteiger partial charge < -0.3 is 15.5 Å². The van der Waals surface area contributed by atoms with E-state index in [9.17, 15) is 19.8 Å². The quantitative estimate of drug-likeness (QED) is 0.539. The summed E-state index contributed by atoms with van der Waals surface area (Å²) in [4.78, 5) is 23.9. The van der Waals surface area contributed by atoms with E-state index in [0.717, 1.165) is 0 Å². The average Bonchev–Trinajstić information content (AvgIpc) is 3.08. The molecule has 0 atom stereocenters. The number of anilines is 1. The van der Waals surface area contributed by atoms with Gasteiger partial charge in [-0.15, -0.1) is 0 Å². The topological polar surface area (TPSA) is 115 Å². The van der Waals surface area contributed by atoms with Crippen LogP contribution in [-0.4, -0.2) is 32.1 Å². The summed E-state index contributed by atoms with van der Waals surface area (Å²) in [6.45, 7) is 3.16. The van der Waals surface area contributed by atoms with Crippen LogP contribution in [0, 0.1) is 6.92 Å². The number of benzene rings is 2. The number of H-pyrrole nitrogens is 1. The zero-order chi connectivity index (χ0) is 18.8. The first-order chi connectivity index (χ1) is 12.4. The number of aromatic nitrogens is 2. The second-order valence-electron chi connectivity index (χ2n) is 5.90. The number of aromatic amines is 1. The summed E-state index contributed by atoms with van der Waals surface area (Å²) in [5.74, 6) is -0.688. The molecule has 132 valence electrons. The van der Waals surface area contributed by atoms with E-state index in [0.29, 0.717) is 28.1 Å². The van der Waals surface area contributed by atoms with E-state index in [1.54, 1.807) is 37.3 Å². The van der Waals surface area contributed by atoms with Crippen molar-refractivity contribution in [1.29, 1.82) is 0 Å². The molecule has 0 saturated carbocycles. The Bertz CT molecular complexity index is 991. The third-order valence-corrected chi connectivity index (χ3v) is 4.02. The van der Waals surface area contributed by atoms with Crippen LogP contribution in [0.1, 0.15) is 33.2 Å². The molecule has 7 heteroatoms. The molecule has 1 aromatic heterocycles. The van der Waals surface area contributed by atoms with Gasteiger partial charge in [0.1, 0.15) is 11.5 Å². The van der Waals surface area contributed by atoms with Crippen LogP contribution in [0.15, 0.2) is 42.6 Å². The predicted molar refractivity (Wildman–Crippen MR) is 96.5 cm³/mol. The predicted octanol–water partition coefficient (Wildman–Crippen LogP) is 3.25. The number of amides is 1. The number of nitrogens with zero attached hydrogens (tertiary/aromatic N) is 1. The van der Waals surface area contributed by atoms with E-state index in [-0.39, 0.29) is 22.8 Å². The van der Waals surface area contributed by atoms with Crippen LogP contribution >= 0.6 is 0 Å². The zero-order valence-electron chi connectivity index (χ0n) is 14.2. The van der Waals surface area contributed by atoms with Gasteiger partial charge in [-0.05, 0) is 49.7 Å². The van der Waals surface area contributed by atoms with E-state index in [1.165, 1.54) is 19.2 Å². The van der Waals surface area contributed by atoms with Crippen molar-refractivity contribution < 1.29 is 19.8 Å². The van der Waals surface area contributed by atoms with Crippen LogP contribution in [0.2, 0.25) is 0 Å². The van der Waals surface area contributed by atoms with Crippen molar-refractivity contribution in [3.63, 3.8) is 0 Å². The van der Waals surface area contributed by atoms with E-state index in [4.69, 9.17) is 0 Å². The molecule has 0 radical (unpaired) electrons. The van der Waals surface area contributed by atoms with Crippen molar-refractivity contribution in [2.24, 2.45) is 0 Å². The summed E-state index contributed by atoms with van der Waals surface area (Å²) in [6, 6.07) is 9.31. The first kappa shape index (κ1) is 17.2. The molecule has 0 spiro atoms. The maximum atomic E-state index is 12.6. The highest BCUT2D eigenvalue weighted by Crippen LogP contribution is 2.35. The van der Waals surface area contributed by atoms with Gasteiger partial charge in [-0.2, -0.15) is 5.10 Å². The van der Waals surface area contributed by atoms with Gasteiger partial charge in [0.15, 0.2) is 5.78 Å². The number of carbonyl (C=O) groups excluding carboxylic acids is 2. The van der Waals surface area contributed by atoms with Gasteiger partial charge in [-0.3, -0.25) is 14.7 Å². The number of ketones is 1. The highest BCUT2D eigenvalue weighted by molar-refractivity contribution is 6.08. The van der Waals surface area contributed by atoms with Gasteiger partial charge in [0.05, 0.1) is 17.5 Å². The molecule has 2 aromatic carbocycles. The summed E-state index contributed by atoms with van der Waals surface area (Å²) in [6.07, 6.45) is 1.36. The Kier molecular flexibility index (Phi) is 4.45. The van der Waals surface area contributed by atoms with Gasteiger partial charge >= 0.3 is 0 Å². The molecule has 7 nitrogen and oxygen atoms in total. The molecule has 3 rings (SSSR count). The zero-order valence-corrected chi connectivity index (χ0v) is 14.2. The fraction of sp³-hybridized carbons (Fsp3) is 0.105. The molecule has 1 amide bonds. The minimum absolute atomic E-state index is 0.0395. The number of rotatable bonds is 4. The SMILES string of the molecule is CC(=O)c1ccc(NC(=O)c2cn[nH]c2-c2cc(C)c(O)cc2O)cc1. The molecule has 3 aromatic rings. The second kappa shape index (κ2) is 6.72. The number of nitrogens with one attached hydrogen (secondary N) is 2. The fourth-order valence-electron chi connectivity index (χ4n) is 2.54. The highest BCUT2D eigenvalue weighted by Gasteiger charge is 2.19. The Balaban J connectivity index is 1.89. The van der Waals surface area contributed by atoms with Crippen LogP contribution in [0.4, 0.5) is 5.69 Å². The normalized spacial score (nSPS) is 10.5. The van der Waals surface area contributed by atoms with Crippen molar-refractivity contribution in [2.75, 3.05) is 5.32 Å². The Morgan fingerprint density at radius 3 is 2.42 bits per heavy atom. The third kappa shape index (κ3) is 3.27. The second-order valence-corrected chi connectivity index (χ2v) is 5.90. The number of hydrogen-bond donors (Lipinski definition) is 4. The summed E-state index contributed by atoms with van der Waals surface area (Å²) < 4.78 is 0. The molecular formula is C19H17N3O4. The van der Waals surface area contributed by atoms with Crippen molar-refractivity contribution in [1.82, 2.24) is 10.2 Å². The summed E-state index contributed by atoms with van der Waals surface area (Å²) in [5, 5.41) is 29.1. The van der Waals surface area contributed by atoms with Gasteiger partial charge in [0, 0.05) is 22.9 Å². The standard InChI is InChI=1S/C19H17N3O4/c1-10-7-14(17(25)8-16(10)24)18-15(9-20-22-18)19(26)21-13-5-3-12(4-6-13)11(2)23/h3-9,24-25H,1-2H3,(H,20,22)(H,21,26). The van der Waals surface area contributed by atoms with Gasteiger partial charge in [0.25, 0.3) is 5.91 Å². The monoisotopic (exact) mass is 351 g/mol. The number of aryl methyl sites for hydroxylation is 1. The van der Waals surface area contributed by atoms with E-state index >= 15 is 0 Å². The lowest BCUT2D eigenvalue weighted by atomic mass is 10.0. The average molecular weight is 351 g/mol. The number of phenols is 2. The molecule has 0 unspecified atom stereocenters. The number of Topliss-reactive ketones (excluding diaryl/α,β-unsaturated/α-hetero) is 1. The highest BCUT2D eigenvalue weighted by atomic mass is 16.3. The van der Waals surface area contributed by atoms with Crippen molar-refractivity contribution in [3.8, 4) is 22.8 Å². The van der Waals surface area contributed by atoms with Crippen LogP contribution < -0.4 is 5.32 Å². The smallest absolute Gasteiger partial charge is 0.259 e. The minimum atomic E-state index is -0.422. The van der Waals surface area contributed by atoms with Crippen LogP contribution in [-0.2, 0) is 0 Å². The van der Waals surface area contributed by atoms with Crippen LogP contribution in [0.5, 0.6) is 11.5 Å². The molecule has 0 aliphatic heterocycles. The van der Waals surface area contributed by atoms with Gasteiger partial charge in [-0.25, -0.2) is 0 Å². The van der Waals surface area contributed by atoms with Crippen molar-refractivity contribution in [2.45, 2.75) is 13.8 Å². The maximum absolute atomic E-state index is 12.6. The summed E-state index contributed by atoms with van der Waals surface area (Å²) in [5.41, 5.74) is 2.56. The van der Waals surface area contributed by atoms with Crippen LogP contribution in [0.25, 0.3) is 11.3 Å². The molecule has 26 heavy (non-hydrogen) atoms. The minimum Gasteiger partial charge on any atom is -0.508 e. The largest absolute Gasteiger partial charge is 0.508 e. The molecule has 0 aliphatic rings. The number of carbonyl (C=O) groups is 2. The van der Waals surface area contributed by atoms with E-state index in [2.05, 4.69) is 15.5 Å². The summed E-state index contributed by atoms with van der Waals surface area (Å²) >= 11 is 0. The first-order valence-electron chi connectivity index (χ1n) is 7.85. The lowest BCUT2D eigenvalue weighted by molar-refractivity contribution is 0.101. The molecule has 0 saturated heterocycles. The Morgan fingerprint density at radius 2 is 1.77 bits per heavy atom. The molecule has 4 N–H and O–H groups in total. The molecular weight excluding hydrogens is 334 g/mol. The fourth-order valence-corrected chi connectivity index (χ4v) is 2.54. The van der Waals surface area contributed by atoms with E-state index < -0.39 is 5.91 Å². The number of phenolic OH excluding ortho intramolecular Hbond substituents is 2. The first-order valence-corrected chi connectivity index (χ1v) is 7.85. The maximum Gasteiger partial charge on any atom is 0.259 e. The van der Waals surface area contributed by atoms with Crippen molar-refractivity contribution >= 4 is 17.4 Å². The number of aromatic hydroxyl groups is 2. The summed E-state index contributed by atoms with van der Waals surface area (Å²) in [7, 11) is 0. The van der Waals surface area contributed by atoms with Crippen molar-refractivity contribution in [3.05, 3.63) is 59.3 Å². The van der Waals surface area contributed by atoms with E-state index in [1.807, 2.05) is 0 Å².